The summed E-state index contributed by atoms with van der Waals surface area (Å²) in [7, 11) is 0. The molecule has 0 aromatic carbocycles. The van der Waals surface area contributed by atoms with Crippen LogP contribution in [0.2, 0.25) is 0 Å². The van der Waals surface area contributed by atoms with Crippen LogP contribution < -0.4 is 0 Å². The minimum atomic E-state index is -2.49. The third-order valence-electron chi connectivity index (χ3n) is 2.30. The van der Waals surface area contributed by atoms with Crippen LogP contribution in [0.5, 0.6) is 0 Å². The van der Waals surface area contributed by atoms with Gasteiger partial charge in [-0.2, -0.15) is 10.2 Å². The number of hydrogen-bond acceptors (Lipinski definition) is 6. The molecule has 0 N–H and O–H groups in total. The van der Waals surface area contributed by atoms with Crippen LogP contribution >= 0.6 is 0 Å². The Morgan fingerprint density at radius 1 is 1.45 bits per heavy atom. The second kappa shape index (κ2) is 6.68. The van der Waals surface area contributed by atoms with E-state index in [1.807, 2.05) is 6.07 Å². The third-order valence-corrected chi connectivity index (χ3v) is 2.30. The van der Waals surface area contributed by atoms with Crippen LogP contribution in [-0.2, 0) is 11.2 Å². The Kier molecular flexibility index (Phi) is 4.68. The molecule has 0 bridgehead atoms. The van der Waals surface area contributed by atoms with Crippen molar-refractivity contribution < 1.29 is 18.0 Å². The SMILES string of the molecule is N#Cc1cc(-c2nc(CCOCC(F)F)no2)ccn1. The van der Waals surface area contributed by atoms with Gasteiger partial charge in [0, 0.05) is 18.2 Å². The average Bonchev–Trinajstić information content (AvgIpc) is 2.92. The molecule has 0 radical (unpaired) electrons. The van der Waals surface area contributed by atoms with Crippen molar-refractivity contribution in [1.29, 1.82) is 5.26 Å². The number of halogens is 2. The van der Waals surface area contributed by atoms with Crippen molar-refractivity contribution in [3.63, 3.8) is 0 Å². The van der Waals surface area contributed by atoms with Crippen molar-refractivity contribution in [2.75, 3.05) is 13.2 Å². The largest absolute Gasteiger partial charge is 0.375 e. The Hall–Kier alpha value is -2.40. The topological polar surface area (TPSA) is 84.8 Å². The minimum absolute atomic E-state index is 0.0864. The van der Waals surface area contributed by atoms with Crippen molar-refractivity contribution in [2.45, 2.75) is 12.8 Å². The molecule has 2 rings (SSSR count). The zero-order valence-corrected chi connectivity index (χ0v) is 10.3. The van der Waals surface area contributed by atoms with Crippen LogP contribution in [0.3, 0.4) is 0 Å². The maximum absolute atomic E-state index is 11.9. The van der Waals surface area contributed by atoms with Gasteiger partial charge in [0.2, 0.25) is 0 Å². The van der Waals surface area contributed by atoms with E-state index >= 15 is 0 Å². The van der Waals surface area contributed by atoms with Gasteiger partial charge in [-0.15, -0.1) is 0 Å². The van der Waals surface area contributed by atoms with Crippen molar-refractivity contribution in [1.82, 2.24) is 15.1 Å². The molecule has 0 atom stereocenters. The van der Waals surface area contributed by atoms with Gasteiger partial charge in [0.1, 0.15) is 18.4 Å². The molecule has 6 nitrogen and oxygen atoms in total. The number of hydrogen-bond donors (Lipinski definition) is 0. The van der Waals surface area contributed by atoms with Gasteiger partial charge in [-0.3, -0.25) is 0 Å². The van der Waals surface area contributed by atoms with Crippen molar-refractivity contribution >= 4 is 0 Å². The summed E-state index contributed by atoms with van der Waals surface area (Å²) < 4.78 is 33.5. The lowest BCUT2D eigenvalue weighted by Crippen LogP contribution is -2.07. The Morgan fingerprint density at radius 3 is 3.05 bits per heavy atom. The highest BCUT2D eigenvalue weighted by Crippen LogP contribution is 2.17. The van der Waals surface area contributed by atoms with Gasteiger partial charge in [0.15, 0.2) is 5.82 Å². The summed E-state index contributed by atoms with van der Waals surface area (Å²) in [5.74, 6) is 0.595. The van der Waals surface area contributed by atoms with Crippen LogP contribution in [0.25, 0.3) is 11.5 Å². The van der Waals surface area contributed by atoms with Crippen molar-refractivity contribution in [3.05, 3.63) is 29.8 Å². The Labute approximate surface area is 113 Å². The van der Waals surface area contributed by atoms with Gasteiger partial charge in [0.05, 0.1) is 6.61 Å². The van der Waals surface area contributed by atoms with E-state index in [1.165, 1.54) is 12.3 Å². The Bertz CT molecular complexity index is 609. The Morgan fingerprint density at radius 2 is 2.30 bits per heavy atom. The maximum Gasteiger partial charge on any atom is 0.261 e. The summed E-state index contributed by atoms with van der Waals surface area (Å²) >= 11 is 0. The van der Waals surface area contributed by atoms with Gasteiger partial charge in [-0.25, -0.2) is 13.8 Å². The number of rotatable bonds is 6. The van der Waals surface area contributed by atoms with Gasteiger partial charge in [-0.1, -0.05) is 5.16 Å². The number of pyridine rings is 1. The van der Waals surface area contributed by atoms with E-state index in [0.29, 0.717) is 11.4 Å². The number of nitrogens with zero attached hydrogens (tertiary/aromatic N) is 4. The Balaban J connectivity index is 1.96. The monoisotopic (exact) mass is 280 g/mol. The molecule has 0 aliphatic rings. The molecular formula is C12H10F2N4O2. The first kappa shape index (κ1) is 14.0. The van der Waals surface area contributed by atoms with Crippen LogP contribution in [0.1, 0.15) is 11.5 Å². The van der Waals surface area contributed by atoms with Crippen LogP contribution in [0, 0.1) is 11.3 Å². The summed E-state index contributed by atoms with van der Waals surface area (Å²) in [4.78, 5) is 7.92. The van der Waals surface area contributed by atoms with Crippen LogP contribution in [0.4, 0.5) is 8.78 Å². The molecule has 20 heavy (non-hydrogen) atoms. The van der Waals surface area contributed by atoms with E-state index in [2.05, 4.69) is 15.1 Å². The van der Waals surface area contributed by atoms with Crippen molar-refractivity contribution in [3.8, 4) is 17.5 Å². The van der Waals surface area contributed by atoms with E-state index in [1.54, 1.807) is 6.07 Å². The number of alkyl halides is 2. The lowest BCUT2D eigenvalue weighted by Gasteiger charge is -1.99. The van der Waals surface area contributed by atoms with E-state index in [0.717, 1.165) is 0 Å². The lowest BCUT2D eigenvalue weighted by molar-refractivity contribution is 0.0182. The van der Waals surface area contributed by atoms with E-state index < -0.39 is 13.0 Å². The lowest BCUT2D eigenvalue weighted by atomic mass is 10.2. The predicted octanol–water partition coefficient (Wildman–Crippen LogP) is 1.83. The molecular weight excluding hydrogens is 270 g/mol. The molecule has 0 spiro atoms. The zero-order chi connectivity index (χ0) is 14.4. The molecule has 0 fully saturated rings. The second-order valence-corrected chi connectivity index (χ2v) is 3.77. The maximum atomic E-state index is 11.9. The molecule has 0 aliphatic heterocycles. The smallest absolute Gasteiger partial charge is 0.261 e. The normalized spacial score (nSPS) is 10.7. The highest BCUT2D eigenvalue weighted by Gasteiger charge is 2.10. The standard InChI is InChI=1S/C12H10F2N4O2/c13-10(14)7-19-4-2-11-17-12(20-18-11)8-1-3-16-9(5-8)6-15/h1,3,5,10H,2,4,7H2. The van der Waals surface area contributed by atoms with E-state index in [-0.39, 0.29) is 24.6 Å². The minimum Gasteiger partial charge on any atom is -0.375 e. The van der Waals surface area contributed by atoms with Gasteiger partial charge in [0.25, 0.3) is 12.3 Å². The molecule has 0 amide bonds. The summed E-state index contributed by atoms with van der Waals surface area (Å²) in [6.45, 7) is -0.524. The highest BCUT2D eigenvalue weighted by molar-refractivity contribution is 5.53. The molecule has 2 aromatic rings. The fourth-order valence-corrected chi connectivity index (χ4v) is 1.43. The molecule has 0 saturated heterocycles. The van der Waals surface area contributed by atoms with Gasteiger partial charge in [-0.05, 0) is 12.1 Å². The zero-order valence-electron chi connectivity index (χ0n) is 10.3. The average molecular weight is 280 g/mol. The van der Waals surface area contributed by atoms with Crippen LogP contribution in [-0.4, -0.2) is 34.8 Å². The predicted molar refractivity (Wildman–Crippen MR) is 62.8 cm³/mol. The van der Waals surface area contributed by atoms with Crippen molar-refractivity contribution in [2.24, 2.45) is 0 Å². The number of ether oxygens (including phenoxy) is 1. The summed E-state index contributed by atoms with van der Waals surface area (Å²) in [5.41, 5.74) is 0.811. The molecule has 0 aliphatic carbocycles. The first-order chi connectivity index (χ1) is 9.69. The van der Waals surface area contributed by atoms with E-state index in [9.17, 15) is 8.78 Å². The summed E-state index contributed by atoms with van der Waals surface area (Å²) in [6, 6.07) is 5.05. The van der Waals surface area contributed by atoms with Gasteiger partial charge >= 0.3 is 0 Å². The quantitative estimate of drug-likeness (QED) is 0.750. The highest BCUT2D eigenvalue weighted by atomic mass is 19.3. The summed E-state index contributed by atoms with van der Waals surface area (Å²) in [6.07, 6.45) is -0.757. The molecule has 2 aromatic heterocycles. The fraction of sp³-hybridized carbons (Fsp3) is 0.333. The molecule has 0 unspecified atom stereocenters. The molecule has 2 heterocycles. The number of nitriles is 1. The molecule has 8 heteroatoms. The summed E-state index contributed by atoms with van der Waals surface area (Å²) in [5, 5.41) is 12.5. The molecule has 104 valence electrons. The molecule has 0 saturated carbocycles. The second-order valence-electron chi connectivity index (χ2n) is 3.77. The van der Waals surface area contributed by atoms with Crippen LogP contribution in [0.15, 0.2) is 22.9 Å². The third kappa shape index (κ3) is 3.80. The van der Waals surface area contributed by atoms with E-state index in [4.69, 9.17) is 14.5 Å². The number of aromatic nitrogens is 3. The fourth-order valence-electron chi connectivity index (χ4n) is 1.43. The van der Waals surface area contributed by atoms with Gasteiger partial charge < -0.3 is 9.26 Å². The first-order valence-corrected chi connectivity index (χ1v) is 5.74. The first-order valence-electron chi connectivity index (χ1n) is 5.74.